The van der Waals surface area contributed by atoms with Crippen LogP contribution in [-0.4, -0.2) is 66.5 Å². The lowest BCUT2D eigenvalue weighted by Gasteiger charge is -2.38. The van der Waals surface area contributed by atoms with Crippen LogP contribution in [0.5, 0.6) is 0 Å². The van der Waals surface area contributed by atoms with E-state index in [1.165, 1.54) is 23.3 Å². The molecule has 1 N–H and O–H groups in total. The molecular formula is C24H34N4OS. The van der Waals surface area contributed by atoms with E-state index < -0.39 is 0 Å². The van der Waals surface area contributed by atoms with Crippen LogP contribution in [-0.2, 0) is 6.54 Å². The van der Waals surface area contributed by atoms with E-state index in [1.54, 1.807) is 11.3 Å². The van der Waals surface area contributed by atoms with Crippen LogP contribution < -0.4 is 5.32 Å². The van der Waals surface area contributed by atoms with Gasteiger partial charge in [-0.1, -0.05) is 36.4 Å². The van der Waals surface area contributed by atoms with Crippen molar-refractivity contribution in [3.8, 4) is 0 Å². The van der Waals surface area contributed by atoms with Crippen molar-refractivity contribution >= 4 is 17.4 Å². The maximum Gasteiger partial charge on any atom is 0.318 e. The molecule has 4 rings (SSSR count). The molecule has 1 aromatic carbocycles. The van der Waals surface area contributed by atoms with Crippen molar-refractivity contribution in [3.05, 3.63) is 58.3 Å². The van der Waals surface area contributed by atoms with Gasteiger partial charge < -0.3 is 15.1 Å². The van der Waals surface area contributed by atoms with Gasteiger partial charge in [0, 0.05) is 50.2 Å². The first-order valence-corrected chi connectivity index (χ1v) is 12.0. The van der Waals surface area contributed by atoms with Crippen molar-refractivity contribution < 1.29 is 4.79 Å². The van der Waals surface area contributed by atoms with Gasteiger partial charge in [0.25, 0.3) is 0 Å². The van der Waals surface area contributed by atoms with E-state index in [9.17, 15) is 4.79 Å². The van der Waals surface area contributed by atoms with Crippen LogP contribution in [0, 0.1) is 5.92 Å². The SMILES string of the molecule is C[C@@H](C1CC1)N(Cc1ccccc1)C(=O)NC[C@H](c1cccs1)N1CCN(C)CC1. The molecule has 2 amide bonds. The van der Waals surface area contributed by atoms with Crippen LogP contribution >= 0.6 is 11.3 Å². The summed E-state index contributed by atoms with van der Waals surface area (Å²) >= 11 is 1.79. The number of carbonyl (C=O) groups is 1. The highest BCUT2D eigenvalue weighted by Gasteiger charge is 2.35. The van der Waals surface area contributed by atoms with Gasteiger partial charge in [-0.15, -0.1) is 11.3 Å². The van der Waals surface area contributed by atoms with Crippen LogP contribution in [0.4, 0.5) is 4.79 Å². The van der Waals surface area contributed by atoms with E-state index in [1.807, 2.05) is 23.1 Å². The third-order valence-electron chi connectivity index (χ3n) is 6.55. The smallest absolute Gasteiger partial charge is 0.318 e. The Kier molecular flexibility index (Phi) is 7.08. The zero-order valence-corrected chi connectivity index (χ0v) is 19.0. The first-order valence-electron chi connectivity index (χ1n) is 11.2. The molecule has 2 atom stereocenters. The summed E-state index contributed by atoms with van der Waals surface area (Å²) in [4.78, 5) is 21.6. The molecule has 162 valence electrons. The van der Waals surface area contributed by atoms with Gasteiger partial charge in [-0.2, -0.15) is 0 Å². The molecule has 0 spiro atoms. The van der Waals surface area contributed by atoms with Crippen LogP contribution in [0.3, 0.4) is 0 Å². The molecule has 0 radical (unpaired) electrons. The lowest BCUT2D eigenvalue weighted by molar-refractivity contribution is 0.109. The molecule has 2 aliphatic rings. The fraction of sp³-hybridized carbons (Fsp3) is 0.542. The summed E-state index contributed by atoms with van der Waals surface area (Å²) < 4.78 is 0. The molecule has 1 aromatic heterocycles. The summed E-state index contributed by atoms with van der Waals surface area (Å²) in [7, 11) is 2.18. The number of amides is 2. The Morgan fingerprint density at radius 1 is 1.13 bits per heavy atom. The molecule has 0 bridgehead atoms. The number of urea groups is 1. The van der Waals surface area contributed by atoms with E-state index in [0.717, 1.165) is 26.2 Å². The molecule has 2 fully saturated rings. The van der Waals surface area contributed by atoms with E-state index >= 15 is 0 Å². The van der Waals surface area contributed by atoms with Gasteiger partial charge in [-0.3, -0.25) is 4.90 Å². The lowest BCUT2D eigenvalue weighted by atomic mass is 10.1. The van der Waals surface area contributed by atoms with Crippen LogP contribution in [0.25, 0.3) is 0 Å². The molecule has 5 nitrogen and oxygen atoms in total. The highest BCUT2D eigenvalue weighted by Crippen LogP contribution is 2.36. The number of hydrogen-bond donors (Lipinski definition) is 1. The molecule has 1 saturated heterocycles. The van der Waals surface area contributed by atoms with Gasteiger partial charge in [0.1, 0.15) is 0 Å². The van der Waals surface area contributed by atoms with Crippen LogP contribution in [0.2, 0.25) is 0 Å². The number of likely N-dealkylation sites (N-methyl/N-ethyl adjacent to an activating group) is 1. The monoisotopic (exact) mass is 426 g/mol. The van der Waals surface area contributed by atoms with Gasteiger partial charge in [-0.25, -0.2) is 4.79 Å². The van der Waals surface area contributed by atoms with E-state index in [0.29, 0.717) is 19.0 Å². The number of rotatable bonds is 8. The average molecular weight is 427 g/mol. The van der Waals surface area contributed by atoms with Crippen molar-refractivity contribution in [1.82, 2.24) is 20.0 Å². The van der Waals surface area contributed by atoms with Crippen LogP contribution in [0.15, 0.2) is 47.8 Å². The number of carbonyl (C=O) groups excluding carboxylic acids is 1. The van der Waals surface area contributed by atoms with Crippen molar-refractivity contribution in [3.63, 3.8) is 0 Å². The number of nitrogens with zero attached hydrogens (tertiary/aromatic N) is 3. The molecule has 0 unspecified atom stereocenters. The molecule has 1 aliphatic carbocycles. The molecule has 1 saturated carbocycles. The van der Waals surface area contributed by atoms with Crippen molar-refractivity contribution in [2.24, 2.45) is 5.92 Å². The van der Waals surface area contributed by atoms with Crippen molar-refractivity contribution in [2.75, 3.05) is 39.8 Å². The molecule has 30 heavy (non-hydrogen) atoms. The zero-order chi connectivity index (χ0) is 20.9. The van der Waals surface area contributed by atoms with Gasteiger partial charge in [0.15, 0.2) is 0 Å². The Morgan fingerprint density at radius 3 is 2.50 bits per heavy atom. The Labute approximate surface area is 184 Å². The van der Waals surface area contributed by atoms with Gasteiger partial charge in [0.2, 0.25) is 0 Å². The second kappa shape index (κ2) is 9.94. The van der Waals surface area contributed by atoms with Gasteiger partial charge in [-0.05, 0) is 49.7 Å². The Morgan fingerprint density at radius 2 is 1.87 bits per heavy atom. The summed E-state index contributed by atoms with van der Waals surface area (Å²) in [5.74, 6) is 0.644. The van der Waals surface area contributed by atoms with E-state index in [2.05, 4.69) is 58.7 Å². The predicted molar refractivity (Wildman–Crippen MR) is 124 cm³/mol. The maximum atomic E-state index is 13.3. The largest absolute Gasteiger partial charge is 0.336 e. The van der Waals surface area contributed by atoms with Crippen molar-refractivity contribution in [1.29, 1.82) is 0 Å². The van der Waals surface area contributed by atoms with Crippen molar-refractivity contribution in [2.45, 2.75) is 38.4 Å². The summed E-state index contributed by atoms with van der Waals surface area (Å²) in [6.45, 7) is 7.78. The average Bonchev–Trinajstić information content (AvgIpc) is 3.48. The maximum absolute atomic E-state index is 13.3. The topological polar surface area (TPSA) is 38.8 Å². The summed E-state index contributed by atoms with van der Waals surface area (Å²) in [5, 5.41) is 5.44. The van der Waals surface area contributed by atoms with Gasteiger partial charge >= 0.3 is 6.03 Å². The minimum atomic E-state index is 0.0638. The fourth-order valence-electron chi connectivity index (χ4n) is 4.32. The molecule has 6 heteroatoms. The minimum Gasteiger partial charge on any atom is -0.336 e. The Hall–Kier alpha value is -1.89. The standard InChI is InChI=1S/C24H34N4OS/c1-19(21-10-11-21)28(18-20-7-4-3-5-8-20)24(29)25-17-22(23-9-6-16-30-23)27-14-12-26(2)13-15-27/h3-9,16,19,21-22H,10-15,17-18H2,1-2H3,(H,25,29)/t19-,22+/m0/s1. The molecule has 2 aromatic rings. The Balaban J connectivity index is 1.43. The first kappa shape index (κ1) is 21.3. The quantitative estimate of drug-likeness (QED) is 0.692. The van der Waals surface area contributed by atoms with E-state index in [-0.39, 0.29) is 18.1 Å². The zero-order valence-electron chi connectivity index (χ0n) is 18.2. The Bertz CT molecular complexity index is 785. The summed E-state index contributed by atoms with van der Waals surface area (Å²) in [6.07, 6.45) is 2.47. The number of nitrogens with one attached hydrogen (secondary N) is 1. The third-order valence-corrected chi connectivity index (χ3v) is 7.52. The highest BCUT2D eigenvalue weighted by atomic mass is 32.1. The highest BCUT2D eigenvalue weighted by molar-refractivity contribution is 7.10. The minimum absolute atomic E-state index is 0.0638. The molecule has 2 heterocycles. The summed E-state index contributed by atoms with van der Waals surface area (Å²) in [5.41, 5.74) is 1.19. The normalized spacial score (nSPS) is 19.9. The number of benzene rings is 1. The second-order valence-electron chi connectivity index (χ2n) is 8.75. The molecular weight excluding hydrogens is 392 g/mol. The van der Waals surface area contributed by atoms with Gasteiger partial charge in [0.05, 0.1) is 6.04 Å². The fourth-order valence-corrected chi connectivity index (χ4v) is 5.18. The number of hydrogen-bond acceptors (Lipinski definition) is 4. The van der Waals surface area contributed by atoms with Crippen LogP contribution in [0.1, 0.15) is 36.2 Å². The number of thiophene rings is 1. The third kappa shape index (κ3) is 5.42. The lowest BCUT2D eigenvalue weighted by Crippen LogP contribution is -2.51. The molecule has 1 aliphatic heterocycles. The summed E-state index contributed by atoms with van der Waals surface area (Å²) in [6, 6.07) is 15.2. The first-order chi connectivity index (χ1) is 14.6. The van der Waals surface area contributed by atoms with E-state index in [4.69, 9.17) is 0 Å². The second-order valence-corrected chi connectivity index (χ2v) is 9.73. The number of piperazine rings is 1. The predicted octanol–water partition coefficient (Wildman–Crippen LogP) is 4.05.